The number of ether oxygens (including phenoxy) is 1. The quantitative estimate of drug-likeness (QED) is 0.914. The highest BCUT2D eigenvalue weighted by molar-refractivity contribution is 9.10. The monoisotopic (exact) mass is 326 g/mol. The molecule has 0 saturated heterocycles. The van der Waals surface area contributed by atoms with Crippen LogP contribution in [0.25, 0.3) is 0 Å². The number of rotatable bonds is 3. The number of nitrogens with two attached hydrogens (primary N) is 1. The second kappa shape index (κ2) is 5.69. The summed E-state index contributed by atoms with van der Waals surface area (Å²) < 4.78 is 6.58. The van der Waals surface area contributed by atoms with Crippen LogP contribution in [0.2, 0.25) is 5.02 Å². The zero-order valence-electron chi connectivity index (χ0n) is 9.73. The molecule has 2 rings (SSSR count). The lowest BCUT2D eigenvalue weighted by Gasteiger charge is -2.11. The highest BCUT2D eigenvalue weighted by Gasteiger charge is 2.07. The van der Waals surface area contributed by atoms with Gasteiger partial charge in [-0.3, -0.25) is 4.98 Å². The second-order valence-electron chi connectivity index (χ2n) is 3.91. The minimum absolute atomic E-state index is 0.0266. The van der Waals surface area contributed by atoms with E-state index in [4.69, 9.17) is 22.1 Å². The first-order valence-corrected chi connectivity index (χ1v) is 6.57. The van der Waals surface area contributed by atoms with Gasteiger partial charge in [0.05, 0.1) is 11.2 Å². The van der Waals surface area contributed by atoms with Gasteiger partial charge in [0.2, 0.25) is 0 Å². The molecular formula is C13H12BrClN2O. The standard InChI is InChI=1S/C13H12BrClN2O/c1-8(16)12-3-2-10(5-13(12)14)18-11-4-9(15)6-17-7-11/h2-8H,16H2,1H3/t8-/m1/s1. The number of hydrogen-bond acceptors (Lipinski definition) is 3. The van der Waals surface area contributed by atoms with Crippen LogP contribution in [-0.4, -0.2) is 4.98 Å². The van der Waals surface area contributed by atoms with Crippen LogP contribution in [0.15, 0.2) is 41.1 Å². The molecule has 94 valence electrons. The van der Waals surface area contributed by atoms with Crippen LogP contribution in [0.5, 0.6) is 11.5 Å². The van der Waals surface area contributed by atoms with E-state index in [0.29, 0.717) is 16.5 Å². The molecule has 0 spiro atoms. The molecule has 0 bridgehead atoms. The van der Waals surface area contributed by atoms with Crippen molar-refractivity contribution in [2.45, 2.75) is 13.0 Å². The molecule has 2 N–H and O–H groups in total. The average molecular weight is 328 g/mol. The van der Waals surface area contributed by atoms with Crippen molar-refractivity contribution in [3.8, 4) is 11.5 Å². The van der Waals surface area contributed by atoms with Gasteiger partial charge in [-0.25, -0.2) is 0 Å². The lowest BCUT2D eigenvalue weighted by molar-refractivity contribution is 0.479. The zero-order valence-corrected chi connectivity index (χ0v) is 12.1. The van der Waals surface area contributed by atoms with Crippen LogP contribution >= 0.6 is 27.5 Å². The first-order valence-electron chi connectivity index (χ1n) is 5.39. The molecule has 0 aliphatic carbocycles. The Kier molecular flexibility index (Phi) is 4.22. The van der Waals surface area contributed by atoms with Crippen molar-refractivity contribution in [2.75, 3.05) is 0 Å². The Balaban J connectivity index is 2.23. The molecule has 3 nitrogen and oxygen atoms in total. The number of hydrogen-bond donors (Lipinski definition) is 1. The summed E-state index contributed by atoms with van der Waals surface area (Å²) in [5.74, 6) is 1.30. The van der Waals surface area contributed by atoms with E-state index in [1.165, 1.54) is 0 Å². The molecule has 0 radical (unpaired) electrons. The maximum absolute atomic E-state index is 5.84. The zero-order chi connectivity index (χ0) is 13.1. The fourth-order valence-corrected chi connectivity index (χ4v) is 2.41. The van der Waals surface area contributed by atoms with Crippen LogP contribution in [0.3, 0.4) is 0 Å². The number of benzene rings is 1. The fourth-order valence-electron chi connectivity index (χ4n) is 1.52. The van der Waals surface area contributed by atoms with E-state index >= 15 is 0 Å². The third-order valence-electron chi connectivity index (χ3n) is 2.38. The molecule has 1 atom stereocenters. The molecule has 2 aromatic rings. The van der Waals surface area contributed by atoms with E-state index in [1.54, 1.807) is 18.5 Å². The van der Waals surface area contributed by atoms with Crippen LogP contribution in [0.1, 0.15) is 18.5 Å². The molecule has 0 saturated carbocycles. The van der Waals surface area contributed by atoms with E-state index in [9.17, 15) is 0 Å². The summed E-state index contributed by atoms with van der Waals surface area (Å²) in [4.78, 5) is 3.96. The van der Waals surface area contributed by atoms with Crippen LogP contribution in [0, 0.1) is 0 Å². The highest BCUT2D eigenvalue weighted by Crippen LogP contribution is 2.29. The fraction of sp³-hybridized carbons (Fsp3) is 0.154. The van der Waals surface area contributed by atoms with Crippen LogP contribution < -0.4 is 10.5 Å². The van der Waals surface area contributed by atoms with E-state index in [0.717, 1.165) is 10.0 Å². The van der Waals surface area contributed by atoms with Gasteiger partial charge in [-0.05, 0) is 24.6 Å². The third kappa shape index (κ3) is 3.22. The van der Waals surface area contributed by atoms with Gasteiger partial charge in [-0.1, -0.05) is 33.6 Å². The molecule has 0 aliphatic heterocycles. The summed E-state index contributed by atoms with van der Waals surface area (Å²) >= 11 is 9.31. The van der Waals surface area contributed by atoms with Crippen molar-refractivity contribution in [3.63, 3.8) is 0 Å². The van der Waals surface area contributed by atoms with Gasteiger partial charge >= 0.3 is 0 Å². The van der Waals surface area contributed by atoms with Crippen molar-refractivity contribution in [1.82, 2.24) is 4.98 Å². The maximum atomic E-state index is 5.84. The Morgan fingerprint density at radius 3 is 2.67 bits per heavy atom. The van der Waals surface area contributed by atoms with Gasteiger partial charge in [0.25, 0.3) is 0 Å². The van der Waals surface area contributed by atoms with E-state index in [1.807, 2.05) is 25.1 Å². The number of aromatic nitrogens is 1. The average Bonchev–Trinajstić information content (AvgIpc) is 2.28. The van der Waals surface area contributed by atoms with Crippen molar-refractivity contribution in [2.24, 2.45) is 5.73 Å². The minimum Gasteiger partial charge on any atom is -0.456 e. The summed E-state index contributed by atoms with van der Waals surface area (Å²) in [6.07, 6.45) is 3.17. The van der Waals surface area contributed by atoms with Gasteiger partial charge in [0.1, 0.15) is 11.5 Å². The van der Waals surface area contributed by atoms with E-state index in [2.05, 4.69) is 20.9 Å². The van der Waals surface area contributed by atoms with Crippen LogP contribution in [0.4, 0.5) is 0 Å². The van der Waals surface area contributed by atoms with Crippen molar-refractivity contribution in [1.29, 1.82) is 0 Å². The van der Waals surface area contributed by atoms with Gasteiger partial charge in [0.15, 0.2) is 0 Å². The largest absolute Gasteiger partial charge is 0.456 e. The summed E-state index contributed by atoms with van der Waals surface area (Å²) in [5.41, 5.74) is 6.87. The molecule has 0 amide bonds. The summed E-state index contributed by atoms with van der Waals surface area (Å²) in [6, 6.07) is 7.36. The molecular weight excluding hydrogens is 316 g/mol. The van der Waals surface area contributed by atoms with E-state index < -0.39 is 0 Å². The predicted octanol–water partition coefficient (Wildman–Crippen LogP) is 4.31. The molecule has 1 aromatic carbocycles. The number of pyridine rings is 1. The Hall–Kier alpha value is -1.10. The Labute approximate surface area is 119 Å². The van der Waals surface area contributed by atoms with Gasteiger partial charge in [-0.2, -0.15) is 0 Å². The molecule has 1 heterocycles. The normalized spacial score (nSPS) is 12.2. The SMILES string of the molecule is C[C@@H](N)c1ccc(Oc2cncc(Cl)c2)cc1Br. The van der Waals surface area contributed by atoms with Crippen molar-refractivity contribution >= 4 is 27.5 Å². The topological polar surface area (TPSA) is 48.1 Å². The lowest BCUT2D eigenvalue weighted by Crippen LogP contribution is -2.05. The third-order valence-corrected chi connectivity index (χ3v) is 3.27. The second-order valence-corrected chi connectivity index (χ2v) is 5.20. The maximum Gasteiger partial charge on any atom is 0.147 e. The Morgan fingerprint density at radius 1 is 1.28 bits per heavy atom. The van der Waals surface area contributed by atoms with Crippen molar-refractivity contribution in [3.05, 3.63) is 51.7 Å². The van der Waals surface area contributed by atoms with Gasteiger partial charge < -0.3 is 10.5 Å². The van der Waals surface area contributed by atoms with Gasteiger partial charge in [-0.15, -0.1) is 0 Å². The molecule has 5 heteroatoms. The molecule has 1 aromatic heterocycles. The van der Waals surface area contributed by atoms with Crippen molar-refractivity contribution < 1.29 is 4.74 Å². The Morgan fingerprint density at radius 2 is 2.06 bits per heavy atom. The van der Waals surface area contributed by atoms with Gasteiger partial charge in [0, 0.05) is 22.8 Å². The minimum atomic E-state index is -0.0266. The molecule has 0 aliphatic rings. The predicted molar refractivity (Wildman–Crippen MR) is 76.1 cm³/mol. The van der Waals surface area contributed by atoms with E-state index in [-0.39, 0.29) is 6.04 Å². The molecule has 0 fully saturated rings. The summed E-state index contributed by atoms with van der Waals surface area (Å²) in [6.45, 7) is 1.93. The molecule has 18 heavy (non-hydrogen) atoms. The smallest absolute Gasteiger partial charge is 0.147 e. The summed E-state index contributed by atoms with van der Waals surface area (Å²) in [5, 5.41) is 0.541. The highest BCUT2D eigenvalue weighted by atomic mass is 79.9. The Bertz CT molecular complexity index is 560. The summed E-state index contributed by atoms with van der Waals surface area (Å²) in [7, 11) is 0. The first kappa shape index (κ1) is 13.3. The number of nitrogens with zero attached hydrogens (tertiary/aromatic N) is 1. The number of halogens is 2. The first-order chi connectivity index (χ1) is 8.56. The van der Waals surface area contributed by atoms with Crippen LogP contribution in [-0.2, 0) is 0 Å². The molecule has 0 unspecified atom stereocenters. The lowest BCUT2D eigenvalue weighted by atomic mass is 10.1.